The van der Waals surface area contributed by atoms with E-state index in [1.165, 1.54) is 12.1 Å². The van der Waals surface area contributed by atoms with Gasteiger partial charge in [0.1, 0.15) is 5.82 Å². The van der Waals surface area contributed by atoms with Crippen LogP contribution in [0.3, 0.4) is 0 Å². The first-order valence-electron chi connectivity index (χ1n) is 8.58. The molecular formula is C19H22FN3O. The van der Waals surface area contributed by atoms with E-state index >= 15 is 0 Å². The van der Waals surface area contributed by atoms with Crippen molar-refractivity contribution < 1.29 is 9.18 Å². The minimum atomic E-state index is -0.419. The molecule has 1 aromatic carbocycles. The summed E-state index contributed by atoms with van der Waals surface area (Å²) >= 11 is 0. The average Bonchev–Trinajstić information content (AvgIpc) is 3.09. The Bertz CT molecular complexity index is 776. The smallest absolute Gasteiger partial charge is 0.233 e. The second kappa shape index (κ2) is 5.43. The lowest BCUT2D eigenvalue weighted by Gasteiger charge is -2.24. The van der Waals surface area contributed by atoms with Gasteiger partial charge in [0.25, 0.3) is 0 Å². The maximum absolute atomic E-state index is 13.2. The van der Waals surface area contributed by atoms with Crippen molar-refractivity contribution in [1.29, 1.82) is 0 Å². The zero-order chi connectivity index (χ0) is 16.9. The molecule has 126 valence electrons. The van der Waals surface area contributed by atoms with E-state index in [9.17, 15) is 9.18 Å². The van der Waals surface area contributed by atoms with Gasteiger partial charge in [-0.3, -0.25) is 9.48 Å². The van der Waals surface area contributed by atoms with Crippen LogP contribution in [-0.2, 0) is 10.2 Å². The van der Waals surface area contributed by atoms with E-state index in [2.05, 4.69) is 22.8 Å². The molecule has 24 heavy (non-hydrogen) atoms. The molecule has 0 radical (unpaired) electrons. The summed E-state index contributed by atoms with van der Waals surface area (Å²) in [6.45, 7) is 5.54. The van der Waals surface area contributed by atoms with E-state index in [1.807, 2.05) is 11.8 Å². The van der Waals surface area contributed by atoms with Crippen LogP contribution in [0.1, 0.15) is 42.3 Å². The van der Waals surface area contributed by atoms with Gasteiger partial charge in [0.05, 0.1) is 17.2 Å². The molecule has 1 aromatic heterocycles. The van der Waals surface area contributed by atoms with Crippen molar-refractivity contribution in [2.24, 2.45) is 0 Å². The zero-order valence-corrected chi connectivity index (χ0v) is 14.1. The van der Waals surface area contributed by atoms with Gasteiger partial charge in [0.15, 0.2) is 0 Å². The molecule has 2 aromatic rings. The van der Waals surface area contributed by atoms with Gasteiger partial charge < -0.3 is 4.90 Å². The van der Waals surface area contributed by atoms with Crippen molar-refractivity contribution in [1.82, 2.24) is 14.7 Å². The predicted molar refractivity (Wildman–Crippen MR) is 89.2 cm³/mol. The lowest BCUT2D eigenvalue weighted by molar-refractivity contribution is -0.133. The van der Waals surface area contributed by atoms with Crippen molar-refractivity contribution >= 4 is 5.91 Å². The highest BCUT2D eigenvalue weighted by molar-refractivity contribution is 5.91. The summed E-state index contributed by atoms with van der Waals surface area (Å²) in [7, 11) is 0. The number of amides is 1. The minimum Gasteiger partial charge on any atom is -0.340 e. The molecule has 0 N–H and O–H groups in total. The van der Waals surface area contributed by atoms with Gasteiger partial charge in [-0.2, -0.15) is 5.10 Å². The van der Waals surface area contributed by atoms with Crippen LogP contribution in [-0.4, -0.2) is 33.7 Å². The third kappa shape index (κ3) is 2.43. The monoisotopic (exact) mass is 327 g/mol. The number of halogens is 1. The molecular weight excluding hydrogens is 305 g/mol. The third-order valence-electron chi connectivity index (χ3n) is 5.40. The lowest BCUT2D eigenvalue weighted by atomic mass is 9.94. The fourth-order valence-corrected chi connectivity index (χ4v) is 3.96. The van der Waals surface area contributed by atoms with Crippen LogP contribution in [0.5, 0.6) is 0 Å². The highest BCUT2D eigenvalue weighted by atomic mass is 19.1. The number of carbonyl (C=O) groups excluding carboxylic acids is 1. The second-order valence-corrected chi connectivity index (χ2v) is 7.15. The van der Waals surface area contributed by atoms with E-state index in [-0.39, 0.29) is 17.8 Å². The average molecular weight is 327 g/mol. The summed E-state index contributed by atoms with van der Waals surface area (Å²) in [6, 6.07) is 8.75. The summed E-state index contributed by atoms with van der Waals surface area (Å²) in [4.78, 5) is 15.1. The second-order valence-electron chi connectivity index (χ2n) is 7.15. The van der Waals surface area contributed by atoms with Crippen LogP contribution in [0, 0.1) is 19.7 Å². The number of benzene rings is 1. The van der Waals surface area contributed by atoms with Crippen LogP contribution in [0.4, 0.5) is 4.39 Å². The van der Waals surface area contributed by atoms with E-state index in [0.717, 1.165) is 42.8 Å². The highest BCUT2D eigenvalue weighted by Gasteiger charge is 2.53. The predicted octanol–water partition coefficient (Wildman–Crippen LogP) is 3.14. The molecule has 2 aliphatic rings. The molecule has 1 aliphatic carbocycles. The number of aromatic nitrogens is 2. The molecule has 2 heterocycles. The molecule has 1 saturated carbocycles. The van der Waals surface area contributed by atoms with Crippen molar-refractivity contribution in [2.75, 3.05) is 13.1 Å². The van der Waals surface area contributed by atoms with Gasteiger partial charge in [-0.25, -0.2) is 4.39 Å². The number of likely N-dealkylation sites (tertiary alicyclic amines) is 1. The first kappa shape index (κ1) is 15.4. The van der Waals surface area contributed by atoms with Gasteiger partial charge >= 0.3 is 0 Å². The van der Waals surface area contributed by atoms with E-state index in [0.29, 0.717) is 6.54 Å². The fraction of sp³-hybridized carbons (Fsp3) is 0.474. The van der Waals surface area contributed by atoms with E-state index < -0.39 is 5.41 Å². The van der Waals surface area contributed by atoms with Crippen LogP contribution >= 0.6 is 0 Å². The van der Waals surface area contributed by atoms with Gasteiger partial charge in [0, 0.05) is 18.8 Å². The van der Waals surface area contributed by atoms with Crippen LogP contribution in [0.25, 0.3) is 0 Å². The molecule has 0 spiro atoms. The molecule has 1 atom stereocenters. The van der Waals surface area contributed by atoms with Crippen LogP contribution < -0.4 is 0 Å². The molecule has 2 fully saturated rings. The summed E-state index contributed by atoms with van der Waals surface area (Å²) in [5.74, 6) is -0.0640. The third-order valence-corrected chi connectivity index (χ3v) is 5.40. The van der Waals surface area contributed by atoms with Gasteiger partial charge in [-0.15, -0.1) is 0 Å². The number of hydrogen-bond acceptors (Lipinski definition) is 2. The van der Waals surface area contributed by atoms with E-state index in [1.54, 1.807) is 12.1 Å². The van der Waals surface area contributed by atoms with Crippen LogP contribution in [0.15, 0.2) is 30.3 Å². The summed E-state index contributed by atoms with van der Waals surface area (Å²) in [5.41, 5.74) is 2.69. The zero-order valence-electron chi connectivity index (χ0n) is 14.1. The topological polar surface area (TPSA) is 38.1 Å². The summed E-state index contributed by atoms with van der Waals surface area (Å²) in [5, 5.41) is 4.57. The molecule has 1 saturated heterocycles. The van der Waals surface area contributed by atoms with Gasteiger partial charge in [-0.1, -0.05) is 12.1 Å². The van der Waals surface area contributed by atoms with Gasteiger partial charge in [-0.05, 0) is 56.9 Å². The molecule has 1 amide bonds. The Morgan fingerprint density at radius 1 is 1.25 bits per heavy atom. The molecule has 5 heteroatoms. The summed E-state index contributed by atoms with van der Waals surface area (Å²) < 4.78 is 15.2. The van der Waals surface area contributed by atoms with Crippen molar-refractivity contribution in [3.8, 4) is 0 Å². The van der Waals surface area contributed by atoms with Crippen molar-refractivity contribution in [3.63, 3.8) is 0 Å². The Kier molecular flexibility index (Phi) is 3.48. The first-order valence-corrected chi connectivity index (χ1v) is 8.58. The Balaban J connectivity index is 1.52. The SMILES string of the molecule is Cc1cc(C)n([C@@H]2CCN(C(=O)C3(c4ccc(F)cc4)CC3)C2)n1. The first-order chi connectivity index (χ1) is 11.5. The Morgan fingerprint density at radius 3 is 2.54 bits per heavy atom. The Hall–Kier alpha value is -2.17. The number of hydrogen-bond donors (Lipinski definition) is 0. The standard InChI is InChI=1S/C19H22FN3O/c1-13-11-14(2)23(21-13)17-7-10-22(12-17)18(24)19(8-9-19)15-3-5-16(20)6-4-15/h3-6,11,17H,7-10,12H2,1-2H3/t17-/m1/s1. The van der Waals surface area contributed by atoms with E-state index in [4.69, 9.17) is 0 Å². The highest BCUT2D eigenvalue weighted by Crippen LogP contribution is 2.50. The Labute approximate surface area is 141 Å². The number of nitrogens with zero attached hydrogens (tertiary/aromatic N) is 3. The Morgan fingerprint density at radius 2 is 1.96 bits per heavy atom. The quantitative estimate of drug-likeness (QED) is 0.868. The number of rotatable bonds is 3. The van der Waals surface area contributed by atoms with Crippen LogP contribution in [0.2, 0.25) is 0 Å². The fourth-order valence-electron chi connectivity index (χ4n) is 3.96. The van der Waals surface area contributed by atoms with Crippen molar-refractivity contribution in [3.05, 3.63) is 53.1 Å². The normalized spacial score (nSPS) is 22.0. The maximum atomic E-state index is 13.2. The lowest BCUT2D eigenvalue weighted by Crippen LogP contribution is -2.38. The maximum Gasteiger partial charge on any atom is 0.233 e. The molecule has 1 aliphatic heterocycles. The van der Waals surface area contributed by atoms with Gasteiger partial charge in [0.2, 0.25) is 5.91 Å². The number of carbonyl (C=O) groups is 1. The molecule has 0 unspecified atom stereocenters. The number of aryl methyl sites for hydroxylation is 2. The molecule has 4 nitrogen and oxygen atoms in total. The molecule has 0 bridgehead atoms. The minimum absolute atomic E-state index is 0.193. The van der Waals surface area contributed by atoms with Crippen molar-refractivity contribution in [2.45, 2.75) is 44.6 Å². The largest absolute Gasteiger partial charge is 0.340 e. The summed E-state index contributed by atoms with van der Waals surface area (Å²) in [6.07, 6.45) is 2.66. The molecule has 4 rings (SSSR count).